The number of benzene rings is 3. The van der Waals surface area contributed by atoms with E-state index in [4.69, 9.17) is 0 Å². The topological polar surface area (TPSA) is 0 Å². The number of hydrogen-bond donors (Lipinski definition) is 0. The van der Waals surface area contributed by atoms with Crippen LogP contribution in [0, 0.1) is 0 Å². The Morgan fingerprint density at radius 2 is 0.738 bits per heavy atom. The molecule has 4 rings (SSSR count). The molecule has 5 heteroatoms. The molecule has 42 heavy (non-hydrogen) atoms. The first-order valence-corrected chi connectivity index (χ1v) is 18.0. The summed E-state index contributed by atoms with van der Waals surface area (Å²) in [5.74, 6) is 0. The predicted octanol–water partition coefficient (Wildman–Crippen LogP) is -1.38. The molecule has 0 heterocycles. The van der Waals surface area contributed by atoms with Crippen LogP contribution in [0.3, 0.4) is 0 Å². The molecule has 0 atom stereocenters. The molecule has 1 aliphatic rings. The van der Waals surface area contributed by atoms with E-state index in [0.29, 0.717) is 0 Å². The van der Waals surface area contributed by atoms with Gasteiger partial charge in [0.25, 0.3) is 0 Å². The SMILES string of the molecule is CCc1cc(CC)cc([Si](C2=C(C)C(C)=[C]([Ti+3])C2)(c2cc(CC)cc(CC)c2)c2cc(CC)cc(CC)c2)c1.[Cl-].[Cl-].[Cl-]. The molecule has 0 aromatic heterocycles. The van der Waals surface area contributed by atoms with Gasteiger partial charge in [-0.05, 0) is 0 Å². The molecule has 3 aromatic carbocycles. The number of rotatable bonds is 10. The fourth-order valence-electron chi connectivity index (χ4n) is 6.49. The second kappa shape index (κ2) is 16.9. The van der Waals surface area contributed by atoms with Gasteiger partial charge in [-0.1, -0.05) is 0 Å². The van der Waals surface area contributed by atoms with Crippen LogP contribution in [0.25, 0.3) is 0 Å². The van der Waals surface area contributed by atoms with Crippen LogP contribution < -0.4 is 52.8 Å². The minimum Gasteiger partial charge on any atom is -1.00 e. The third kappa shape index (κ3) is 7.42. The molecule has 0 bridgehead atoms. The molecule has 0 fully saturated rings. The van der Waals surface area contributed by atoms with Crippen LogP contribution >= 0.6 is 0 Å². The molecule has 0 spiro atoms. The molecule has 0 unspecified atom stereocenters. The van der Waals surface area contributed by atoms with E-state index < -0.39 is 8.07 Å². The third-order valence-electron chi connectivity index (χ3n) is 9.18. The smallest absolute Gasteiger partial charge is 1.00 e. The number of hydrogen-bond acceptors (Lipinski definition) is 0. The summed E-state index contributed by atoms with van der Waals surface area (Å²) in [4.78, 5) is 0. The fourth-order valence-corrected chi connectivity index (χ4v) is 13.0. The molecule has 0 radical (unpaired) electrons. The summed E-state index contributed by atoms with van der Waals surface area (Å²) in [5.41, 5.74) is 11.9. The summed E-state index contributed by atoms with van der Waals surface area (Å²) in [7, 11) is -2.59. The maximum atomic E-state index is 2.60. The van der Waals surface area contributed by atoms with Gasteiger partial charge in [0, 0.05) is 0 Å². The number of allylic oxidation sites excluding steroid dienone is 4. The minimum atomic E-state index is -2.59. The molecule has 0 saturated carbocycles. The summed E-state index contributed by atoms with van der Waals surface area (Å²) in [6.07, 6.45) is 7.54. The Labute approximate surface area is 287 Å². The second-order valence-electron chi connectivity index (χ2n) is 11.4. The Hall–Kier alpha value is -1.06. The largest absolute Gasteiger partial charge is 1.00 e. The van der Waals surface area contributed by atoms with Gasteiger partial charge in [0.2, 0.25) is 0 Å². The van der Waals surface area contributed by atoms with Gasteiger partial charge in [-0.15, -0.1) is 0 Å². The van der Waals surface area contributed by atoms with E-state index in [1.165, 1.54) is 39.0 Å². The third-order valence-corrected chi connectivity index (χ3v) is 15.0. The van der Waals surface area contributed by atoms with Crippen molar-refractivity contribution in [2.75, 3.05) is 0 Å². The maximum Gasteiger partial charge on any atom is -1.00 e. The summed E-state index contributed by atoms with van der Waals surface area (Å²) in [6.45, 7) is 18.7. The first kappa shape index (κ1) is 39.0. The Morgan fingerprint density at radius 1 is 0.476 bits per heavy atom. The first-order chi connectivity index (χ1) is 18.7. The standard InChI is InChI=1S/C37H47Si.3ClH.Ti/c1-9-28-17-29(10-2)21-34(20-28)38(37-16-15-26(7)27(37)8,35-22-30(11-3)18-31(12-4)23-35)36-24-32(13-5)19-33(14-6)25-36;;;;/h17-25H,9-14,16H2,1-8H3;3*1H;/q;;;;+3/p-3. The average molecular weight is 674 g/mol. The zero-order chi connectivity index (χ0) is 28.3. The van der Waals surface area contributed by atoms with Crippen LogP contribution in [0.2, 0.25) is 0 Å². The van der Waals surface area contributed by atoms with Gasteiger partial charge in [0.1, 0.15) is 0 Å². The molecular formula is C37H47Cl3SiTi. The molecule has 0 nitrogen and oxygen atoms in total. The van der Waals surface area contributed by atoms with E-state index in [1.54, 1.807) is 30.2 Å². The van der Waals surface area contributed by atoms with Gasteiger partial charge in [0.05, 0.1) is 0 Å². The molecular weight excluding hydrogens is 627 g/mol. The van der Waals surface area contributed by atoms with E-state index in [2.05, 4.69) is 130 Å². The van der Waals surface area contributed by atoms with Crippen molar-refractivity contribution in [1.29, 1.82) is 0 Å². The molecule has 0 N–H and O–H groups in total. The monoisotopic (exact) mass is 672 g/mol. The van der Waals surface area contributed by atoms with Gasteiger partial charge < -0.3 is 37.2 Å². The van der Waals surface area contributed by atoms with Crippen LogP contribution in [-0.4, -0.2) is 8.07 Å². The Balaban J connectivity index is 0.00000294. The molecule has 224 valence electrons. The molecule has 0 amide bonds. The zero-order valence-corrected chi connectivity index (χ0v) is 31.6. The molecule has 1 aliphatic carbocycles. The molecule has 3 aromatic rings. The van der Waals surface area contributed by atoms with Gasteiger partial charge in [-0.3, -0.25) is 0 Å². The van der Waals surface area contributed by atoms with Crippen molar-refractivity contribution in [1.82, 2.24) is 0 Å². The predicted molar refractivity (Wildman–Crippen MR) is 170 cm³/mol. The van der Waals surface area contributed by atoms with Crippen LogP contribution in [0.4, 0.5) is 0 Å². The van der Waals surface area contributed by atoms with Crippen molar-refractivity contribution < 1.29 is 57.7 Å². The van der Waals surface area contributed by atoms with Crippen LogP contribution in [0.1, 0.15) is 95.2 Å². The van der Waals surface area contributed by atoms with E-state index in [-0.39, 0.29) is 37.2 Å². The Bertz CT molecular complexity index is 1240. The van der Waals surface area contributed by atoms with E-state index in [0.717, 1.165) is 44.9 Å². The van der Waals surface area contributed by atoms with E-state index in [1.807, 2.05) is 0 Å². The summed E-state index contributed by atoms with van der Waals surface area (Å²) < 4.78 is 1.55. The van der Waals surface area contributed by atoms with Gasteiger partial charge in [-0.25, -0.2) is 0 Å². The summed E-state index contributed by atoms with van der Waals surface area (Å²) >= 11 is 2.37. The van der Waals surface area contributed by atoms with Gasteiger partial charge in [0.15, 0.2) is 0 Å². The Kier molecular flexibility index (Phi) is 15.6. The van der Waals surface area contributed by atoms with Gasteiger partial charge >= 0.3 is 253 Å². The van der Waals surface area contributed by atoms with Crippen molar-refractivity contribution in [3.05, 3.63) is 108 Å². The van der Waals surface area contributed by atoms with Crippen LogP contribution in [-0.2, 0) is 59.0 Å². The first-order valence-electron chi connectivity index (χ1n) is 15.3. The van der Waals surface area contributed by atoms with Crippen molar-refractivity contribution in [3.63, 3.8) is 0 Å². The maximum absolute atomic E-state index is 2.60. The Morgan fingerprint density at radius 3 is 0.929 bits per heavy atom. The number of halogens is 3. The second-order valence-corrected chi connectivity index (χ2v) is 16.1. The van der Waals surface area contributed by atoms with E-state index in [9.17, 15) is 0 Å². The average Bonchev–Trinajstić information content (AvgIpc) is 3.23. The molecule has 0 aliphatic heterocycles. The summed E-state index contributed by atoms with van der Waals surface area (Å²) in [5, 5.41) is 6.46. The van der Waals surface area contributed by atoms with Crippen molar-refractivity contribution >= 4 is 23.6 Å². The quantitative estimate of drug-likeness (QED) is 0.184. The van der Waals surface area contributed by atoms with Crippen molar-refractivity contribution in [3.8, 4) is 0 Å². The molecule has 0 saturated heterocycles. The fraction of sp³-hybridized carbons (Fsp3) is 0.405. The van der Waals surface area contributed by atoms with E-state index >= 15 is 0 Å². The van der Waals surface area contributed by atoms with Crippen molar-refractivity contribution in [2.45, 2.75) is 100 Å². The zero-order valence-electron chi connectivity index (χ0n) is 26.8. The van der Waals surface area contributed by atoms with Crippen LogP contribution in [0.5, 0.6) is 0 Å². The minimum absolute atomic E-state index is 0. The summed E-state index contributed by atoms with van der Waals surface area (Å²) in [6, 6.07) is 23.0. The van der Waals surface area contributed by atoms with Crippen LogP contribution in [0.15, 0.2) is 74.8 Å². The number of aryl methyl sites for hydroxylation is 6. The van der Waals surface area contributed by atoms with Crippen molar-refractivity contribution in [2.24, 2.45) is 0 Å². The van der Waals surface area contributed by atoms with Gasteiger partial charge in [-0.2, -0.15) is 0 Å². The normalized spacial score (nSPS) is 13.1.